The topological polar surface area (TPSA) is 9.23 Å². The second kappa shape index (κ2) is 21.7. The van der Waals surface area contributed by atoms with Crippen LogP contribution in [0, 0.1) is 45.9 Å². The van der Waals surface area contributed by atoms with E-state index in [0.29, 0.717) is 13.2 Å². The molecule has 0 heterocycles. The summed E-state index contributed by atoms with van der Waals surface area (Å²) in [5, 5.41) is 0. The Bertz CT molecular complexity index is 1570. The fourth-order valence-corrected chi connectivity index (χ4v) is 11.8. The molecular weight excluding hydrogens is 741 g/mol. The lowest BCUT2D eigenvalue weighted by Gasteiger charge is -2.52. The molecule has 0 atom stereocenters. The summed E-state index contributed by atoms with van der Waals surface area (Å²) in [5.74, 6) is -3.01. The van der Waals surface area contributed by atoms with Gasteiger partial charge in [-0.15, -0.1) is 0 Å². The van der Waals surface area contributed by atoms with E-state index in [0.717, 1.165) is 88.2 Å². The number of ether oxygens (including phenoxy) is 1. The lowest BCUT2D eigenvalue weighted by molar-refractivity contribution is 0.0920. The Balaban J connectivity index is 1.16. The van der Waals surface area contributed by atoms with Crippen molar-refractivity contribution in [3.05, 3.63) is 119 Å². The van der Waals surface area contributed by atoms with E-state index in [1.165, 1.54) is 101 Å². The largest absolute Gasteiger partial charge is 0.380 e. The van der Waals surface area contributed by atoms with Crippen LogP contribution < -0.4 is 0 Å². The van der Waals surface area contributed by atoms with Crippen LogP contribution in [0.4, 0.5) is 17.6 Å². The van der Waals surface area contributed by atoms with E-state index in [1.807, 2.05) is 12.1 Å². The summed E-state index contributed by atoms with van der Waals surface area (Å²) in [6.45, 7) is 5.56. The minimum atomic E-state index is -0.799. The van der Waals surface area contributed by atoms with Crippen molar-refractivity contribution < 1.29 is 22.3 Å². The van der Waals surface area contributed by atoms with Crippen LogP contribution in [0.15, 0.2) is 85.0 Å². The Morgan fingerprint density at radius 1 is 0.458 bits per heavy atom. The van der Waals surface area contributed by atoms with Crippen molar-refractivity contribution in [1.29, 1.82) is 0 Å². The first kappa shape index (κ1) is 45.6. The zero-order valence-electron chi connectivity index (χ0n) is 36.5. The number of halogens is 4. The molecule has 5 heteroatoms. The van der Waals surface area contributed by atoms with E-state index < -0.39 is 34.1 Å². The lowest BCUT2D eigenvalue weighted by Crippen LogP contribution is -2.46. The van der Waals surface area contributed by atoms with Crippen molar-refractivity contribution in [3.8, 4) is 0 Å². The maximum atomic E-state index is 15.0. The van der Waals surface area contributed by atoms with Gasteiger partial charge in [-0.2, -0.15) is 0 Å². The molecule has 0 radical (unpaired) electrons. The van der Waals surface area contributed by atoms with E-state index in [4.69, 9.17) is 4.74 Å². The van der Waals surface area contributed by atoms with Gasteiger partial charge in [0.15, 0.2) is 23.3 Å². The summed E-state index contributed by atoms with van der Waals surface area (Å²) >= 11 is 0. The molecule has 2 fully saturated rings. The fraction of sp³-hybridized carbons (Fsp3) is 0.630. The molecule has 1 nitrogen and oxygen atoms in total. The van der Waals surface area contributed by atoms with Crippen molar-refractivity contribution in [2.24, 2.45) is 22.7 Å². The van der Waals surface area contributed by atoms with Crippen molar-refractivity contribution in [2.45, 2.75) is 179 Å². The molecule has 324 valence electrons. The van der Waals surface area contributed by atoms with Crippen LogP contribution in [0.2, 0.25) is 0 Å². The summed E-state index contributed by atoms with van der Waals surface area (Å²) < 4.78 is 65.1. The number of allylic oxidation sites excluding steroid dienone is 4. The van der Waals surface area contributed by atoms with Gasteiger partial charge in [0.25, 0.3) is 0 Å². The first-order chi connectivity index (χ1) is 28.7. The SMILES string of the molecule is CCCCCCCCC1(C2(c3ccc(F)c(F)c3)C=CC(COCC3C=CC(c4ccc(F)c(F)c4)(C4(CCCCCCCC)CCCCC4)C=C3)C=C2)CCCCC1. The maximum absolute atomic E-state index is 15.0. The molecule has 0 aliphatic heterocycles. The van der Waals surface area contributed by atoms with Crippen LogP contribution in [0.1, 0.15) is 179 Å². The molecule has 0 spiro atoms. The van der Waals surface area contributed by atoms with Gasteiger partial charge in [-0.3, -0.25) is 0 Å². The van der Waals surface area contributed by atoms with E-state index >= 15 is 0 Å². The van der Waals surface area contributed by atoms with Crippen molar-refractivity contribution in [2.75, 3.05) is 13.2 Å². The average molecular weight is 815 g/mol. The Kier molecular flexibility index (Phi) is 16.8. The van der Waals surface area contributed by atoms with Crippen LogP contribution in [-0.2, 0) is 15.6 Å². The van der Waals surface area contributed by atoms with E-state index in [2.05, 4.69) is 62.5 Å². The summed E-state index contributed by atoms with van der Waals surface area (Å²) in [6, 6.07) is 9.14. The van der Waals surface area contributed by atoms with Gasteiger partial charge in [0.05, 0.1) is 13.2 Å². The number of rotatable bonds is 22. The van der Waals surface area contributed by atoms with Crippen molar-refractivity contribution in [3.63, 3.8) is 0 Å². The minimum absolute atomic E-state index is 0.0402. The van der Waals surface area contributed by atoms with Gasteiger partial charge < -0.3 is 4.74 Å². The molecule has 0 unspecified atom stereocenters. The molecule has 0 bridgehead atoms. The normalized spacial score (nSPS) is 26.1. The second-order valence-corrected chi connectivity index (χ2v) is 19.0. The molecule has 2 saturated carbocycles. The summed E-state index contributed by atoms with van der Waals surface area (Å²) in [4.78, 5) is 0. The first-order valence-corrected chi connectivity index (χ1v) is 24.0. The second-order valence-electron chi connectivity index (χ2n) is 19.0. The lowest BCUT2D eigenvalue weighted by atomic mass is 9.51. The highest BCUT2D eigenvalue weighted by Crippen LogP contribution is 2.59. The van der Waals surface area contributed by atoms with Crippen LogP contribution in [0.3, 0.4) is 0 Å². The minimum Gasteiger partial charge on any atom is -0.380 e. The zero-order chi connectivity index (χ0) is 41.6. The van der Waals surface area contributed by atoms with Gasteiger partial charge in [0.2, 0.25) is 0 Å². The standard InChI is InChI=1S/C54H74F4O/c1-3-5-7-9-11-15-29-51(31-17-13-18-32-51)53(45-21-23-47(55)49(57)39-45)35-25-43(26-36-53)41-59-42-44-27-37-54(38-28-44,46-22-24-48(56)50(58)40-46)52(33-19-14-20-34-52)30-16-12-10-8-6-4-2/h21-28,35-40,43-44H,3-20,29-34,41-42H2,1-2H3. The molecule has 4 aliphatic carbocycles. The van der Waals surface area contributed by atoms with E-state index in [9.17, 15) is 17.6 Å². The van der Waals surface area contributed by atoms with Crippen LogP contribution in [0.5, 0.6) is 0 Å². The third kappa shape index (κ3) is 10.6. The van der Waals surface area contributed by atoms with Gasteiger partial charge >= 0.3 is 0 Å². The highest BCUT2D eigenvalue weighted by atomic mass is 19.2. The number of unbranched alkanes of at least 4 members (excludes halogenated alkanes) is 10. The smallest absolute Gasteiger partial charge is 0.159 e. The summed E-state index contributed by atoms with van der Waals surface area (Å²) in [7, 11) is 0. The van der Waals surface area contributed by atoms with Crippen molar-refractivity contribution in [1.82, 2.24) is 0 Å². The maximum Gasteiger partial charge on any atom is 0.159 e. The Morgan fingerprint density at radius 2 is 0.814 bits per heavy atom. The monoisotopic (exact) mass is 815 g/mol. The van der Waals surface area contributed by atoms with E-state index in [1.54, 1.807) is 0 Å². The number of hydrogen-bond donors (Lipinski definition) is 0. The molecule has 2 aromatic rings. The highest BCUT2D eigenvalue weighted by molar-refractivity contribution is 5.46. The highest BCUT2D eigenvalue weighted by Gasteiger charge is 2.51. The van der Waals surface area contributed by atoms with Gasteiger partial charge in [-0.25, -0.2) is 17.6 Å². The molecule has 4 aliphatic rings. The molecule has 59 heavy (non-hydrogen) atoms. The Morgan fingerprint density at radius 3 is 1.17 bits per heavy atom. The molecule has 6 rings (SSSR count). The van der Waals surface area contributed by atoms with Crippen LogP contribution in [0.25, 0.3) is 0 Å². The number of benzene rings is 2. The summed E-state index contributed by atoms with van der Waals surface area (Å²) in [6.07, 6.45) is 46.8. The summed E-state index contributed by atoms with van der Waals surface area (Å²) in [5.41, 5.74) is 0.633. The van der Waals surface area contributed by atoms with Crippen molar-refractivity contribution >= 4 is 0 Å². The van der Waals surface area contributed by atoms with Crippen LogP contribution in [-0.4, -0.2) is 13.2 Å². The van der Waals surface area contributed by atoms with Gasteiger partial charge in [-0.1, -0.05) is 190 Å². The molecule has 2 aromatic carbocycles. The van der Waals surface area contributed by atoms with Crippen LogP contribution >= 0.6 is 0 Å². The van der Waals surface area contributed by atoms with Gasteiger partial charge in [-0.05, 0) is 84.7 Å². The third-order valence-electron chi connectivity index (χ3n) is 15.2. The quantitative estimate of drug-likeness (QED) is 0.0654. The van der Waals surface area contributed by atoms with Gasteiger partial charge in [0, 0.05) is 22.7 Å². The van der Waals surface area contributed by atoms with Gasteiger partial charge in [0.1, 0.15) is 0 Å². The molecular formula is C54H74F4O. The molecule has 0 aromatic heterocycles. The average Bonchev–Trinajstić information content (AvgIpc) is 3.26. The predicted molar refractivity (Wildman–Crippen MR) is 237 cm³/mol. The first-order valence-electron chi connectivity index (χ1n) is 24.0. The van der Waals surface area contributed by atoms with E-state index in [-0.39, 0.29) is 22.7 Å². The Labute approximate surface area is 355 Å². The predicted octanol–water partition coefficient (Wildman–Crippen LogP) is 16.3. The third-order valence-corrected chi connectivity index (χ3v) is 15.2. The fourth-order valence-electron chi connectivity index (χ4n) is 11.8. The molecule has 0 saturated heterocycles. The molecule has 0 amide bonds. The Hall–Kier alpha value is -2.92. The molecule has 0 N–H and O–H groups in total. The number of hydrogen-bond acceptors (Lipinski definition) is 1. The zero-order valence-corrected chi connectivity index (χ0v) is 36.5.